The Morgan fingerprint density at radius 2 is 1.75 bits per heavy atom. The monoisotopic (exact) mass is 287 g/mol. The molecule has 0 atom stereocenters. The van der Waals surface area contributed by atoms with E-state index < -0.39 is 5.97 Å². The average molecular weight is 287 g/mol. The van der Waals surface area contributed by atoms with Crippen LogP contribution in [-0.2, 0) is 5.41 Å². The molecular weight excluding hydrogens is 270 g/mol. The Bertz CT molecular complexity index is 598. The Kier molecular flexibility index (Phi) is 4.14. The van der Waals surface area contributed by atoms with Gasteiger partial charge in [-0.25, -0.2) is 9.78 Å². The van der Waals surface area contributed by atoms with E-state index in [9.17, 15) is 4.79 Å². The molecule has 0 saturated heterocycles. The number of carbonyl (C=O) groups is 1. The molecule has 0 aliphatic rings. The minimum Gasteiger partial charge on any atom is -0.478 e. The number of nitrogens with zero attached hydrogens (tertiary/aromatic N) is 1. The number of aromatic carboxylic acids is 1. The lowest BCUT2D eigenvalue weighted by molar-refractivity contribution is 0.0696. The third-order valence-electron chi connectivity index (χ3n) is 2.93. The summed E-state index contributed by atoms with van der Waals surface area (Å²) in [6.45, 7) is 6.55. The molecule has 0 fully saturated rings. The van der Waals surface area contributed by atoms with Gasteiger partial charge in [0.25, 0.3) is 0 Å². The quantitative estimate of drug-likeness (QED) is 0.918. The third kappa shape index (κ3) is 3.61. The molecule has 0 unspecified atom stereocenters. The minimum absolute atomic E-state index is 0.143. The summed E-state index contributed by atoms with van der Waals surface area (Å²) in [6, 6.07) is 11.7. The maximum atomic E-state index is 10.8. The van der Waals surface area contributed by atoms with E-state index in [1.807, 2.05) is 0 Å². The number of pyridine rings is 1. The van der Waals surface area contributed by atoms with Crippen LogP contribution in [0.25, 0.3) is 0 Å². The van der Waals surface area contributed by atoms with Crippen molar-refractivity contribution in [1.82, 2.24) is 4.98 Å². The Balaban J connectivity index is 2.12. The first kappa shape index (κ1) is 14.6. The first-order chi connectivity index (χ1) is 9.36. The van der Waals surface area contributed by atoms with E-state index >= 15 is 0 Å². The van der Waals surface area contributed by atoms with Gasteiger partial charge in [0.05, 0.1) is 5.56 Å². The van der Waals surface area contributed by atoms with Crippen LogP contribution in [0.4, 0.5) is 0 Å². The summed E-state index contributed by atoms with van der Waals surface area (Å²) < 4.78 is 0. The second-order valence-corrected chi connectivity index (χ2v) is 6.66. The van der Waals surface area contributed by atoms with Gasteiger partial charge >= 0.3 is 5.97 Å². The summed E-state index contributed by atoms with van der Waals surface area (Å²) in [5.74, 6) is -0.955. The van der Waals surface area contributed by atoms with Gasteiger partial charge in [0.1, 0.15) is 5.03 Å². The first-order valence-corrected chi connectivity index (χ1v) is 7.16. The molecule has 1 aromatic carbocycles. The normalized spacial score (nSPS) is 11.3. The molecule has 2 aromatic rings. The smallest absolute Gasteiger partial charge is 0.337 e. The van der Waals surface area contributed by atoms with Gasteiger partial charge in [0.2, 0.25) is 0 Å². The second kappa shape index (κ2) is 5.67. The number of carboxylic acid groups (broad SMARTS) is 1. The zero-order valence-electron chi connectivity index (χ0n) is 11.8. The number of rotatable bonds is 3. The molecule has 104 valence electrons. The second-order valence-electron chi connectivity index (χ2n) is 5.57. The van der Waals surface area contributed by atoms with Crippen LogP contribution in [-0.4, -0.2) is 16.1 Å². The standard InChI is InChI=1S/C16H17NO2S/c1-16(2,3)12-5-7-13(8-6-12)20-14-9-4-11(10-17-14)15(18)19/h4-10H,1-3H3,(H,18,19). The fourth-order valence-electron chi connectivity index (χ4n) is 1.71. The lowest BCUT2D eigenvalue weighted by Gasteiger charge is -2.18. The molecule has 0 saturated carbocycles. The van der Waals surface area contributed by atoms with E-state index in [-0.39, 0.29) is 11.0 Å². The van der Waals surface area contributed by atoms with Crippen molar-refractivity contribution in [3.63, 3.8) is 0 Å². The average Bonchev–Trinajstić information content (AvgIpc) is 2.39. The molecule has 0 aliphatic carbocycles. The topological polar surface area (TPSA) is 50.2 Å². The van der Waals surface area contributed by atoms with Gasteiger partial charge < -0.3 is 5.11 Å². The Labute approximate surface area is 123 Å². The van der Waals surface area contributed by atoms with Crippen LogP contribution in [0.1, 0.15) is 36.7 Å². The molecule has 2 rings (SSSR count). The van der Waals surface area contributed by atoms with Gasteiger partial charge in [-0.3, -0.25) is 0 Å². The summed E-state index contributed by atoms with van der Waals surface area (Å²) in [7, 11) is 0. The number of benzene rings is 1. The number of hydrogen-bond acceptors (Lipinski definition) is 3. The van der Waals surface area contributed by atoms with Crippen molar-refractivity contribution in [3.05, 3.63) is 53.7 Å². The molecule has 1 heterocycles. The molecule has 4 heteroatoms. The van der Waals surface area contributed by atoms with E-state index in [1.165, 1.54) is 23.5 Å². The highest BCUT2D eigenvalue weighted by molar-refractivity contribution is 7.99. The largest absolute Gasteiger partial charge is 0.478 e. The molecule has 0 bridgehead atoms. The molecule has 1 aromatic heterocycles. The SMILES string of the molecule is CC(C)(C)c1ccc(Sc2ccc(C(=O)O)cn2)cc1. The van der Waals surface area contributed by atoms with Gasteiger partial charge in [-0.1, -0.05) is 44.7 Å². The Hall–Kier alpha value is -1.81. The van der Waals surface area contributed by atoms with Gasteiger partial charge in [-0.05, 0) is 35.2 Å². The Morgan fingerprint density at radius 3 is 2.20 bits per heavy atom. The van der Waals surface area contributed by atoms with E-state index in [0.717, 1.165) is 9.92 Å². The summed E-state index contributed by atoms with van der Waals surface area (Å²) >= 11 is 1.52. The molecule has 0 radical (unpaired) electrons. The van der Waals surface area contributed by atoms with E-state index in [0.29, 0.717) is 0 Å². The summed E-state index contributed by atoms with van der Waals surface area (Å²) in [4.78, 5) is 16.0. The number of hydrogen-bond donors (Lipinski definition) is 1. The molecule has 20 heavy (non-hydrogen) atoms. The van der Waals surface area contributed by atoms with Gasteiger partial charge in [0, 0.05) is 11.1 Å². The third-order valence-corrected chi connectivity index (χ3v) is 3.88. The maximum absolute atomic E-state index is 10.8. The highest BCUT2D eigenvalue weighted by atomic mass is 32.2. The van der Waals surface area contributed by atoms with Crippen LogP contribution >= 0.6 is 11.8 Å². The van der Waals surface area contributed by atoms with Crippen molar-refractivity contribution in [2.24, 2.45) is 0 Å². The molecule has 0 amide bonds. The zero-order valence-corrected chi connectivity index (χ0v) is 12.6. The summed E-state index contributed by atoms with van der Waals surface area (Å²) in [5, 5.41) is 9.62. The number of aromatic nitrogens is 1. The maximum Gasteiger partial charge on any atom is 0.337 e. The van der Waals surface area contributed by atoms with Crippen LogP contribution in [0, 0.1) is 0 Å². The van der Waals surface area contributed by atoms with E-state index in [4.69, 9.17) is 5.11 Å². The van der Waals surface area contributed by atoms with Crippen LogP contribution in [0.5, 0.6) is 0 Å². The van der Waals surface area contributed by atoms with Crippen LogP contribution in [0.3, 0.4) is 0 Å². The lowest BCUT2D eigenvalue weighted by Crippen LogP contribution is -2.10. The van der Waals surface area contributed by atoms with Crippen LogP contribution < -0.4 is 0 Å². The lowest BCUT2D eigenvalue weighted by atomic mass is 9.87. The molecule has 0 spiro atoms. The van der Waals surface area contributed by atoms with Crippen molar-refractivity contribution in [1.29, 1.82) is 0 Å². The van der Waals surface area contributed by atoms with Crippen LogP contribution in [0.2, 0.25) is 0 Å². The first-order valence-electron chi connectivity index (χ1n) is 6.34. The van der Waals surface area contributed by atoms with Crippen molar-refractivity contribution >= 4 is 17.7 Å². The van der Waals surface area contributed by atoms with E-state index in [2.05, 4.69) is 50.0 Å². The molecule has 1 N–H and O–H groups in total. The molecule has 3 nitrogen and oxygen atoms in total. The van der Waals surface area contributed by atoms with Gasteiger partial charge in [-0.2, -0.15) is 0 Å². The van der Waals surface area contributed by atoms with E-state index in [1.54, 1.807) is 12.1 Å². The van der Waals surface area contributed by atoms with Crippen molar-refractivity contribution in [2.75, 3.05) is 0 Å². The van der Waals surface area contributed by atoms with Gasteiger partial charge in [-0.15, -0.1) is 0 Å². The minimum atomic E-state index is -0.955. The highest BCUT2D eigenvalue weighted by Gasteiger charge is 2.13. The van der Waals surface area contributed by atoms with Crippen molar-refractivity contribution < 1.29 is 9.90 Å². The summed E-state index contributed by atoms with van der Waals surface area (Å²) in [5.41, 5.74) is 1.64. The highest BCUT2D eigenvalue weighted by Crippen LogP contribution is 2.29. The predicted molar refractivity (Wildman–Crippen MR) is 80.5 cm³/mol. The van der Waals surface area contributed by atoms with Gasteiger partial charge in [0.15, 0.2) is 0 Å². The predicted octanol–water partition coefficient (Wildman–Crippen LogP) is 4.23. The van der Waals surface area contributed by atoms with Crippen molar-refractivity contribution in [2.45, 2.75) is 36.1 Å². The molecular formula is C16H17NO2S. The fraction of sp³-hybridized carbons (Fsp3) is 0.250. The zero-order chi connectivity index (χ0) is 14.8. The fourth-order valence-corrected chi connectivity index (χ4v) is 2.47. The van der Waals surface area contributed by atoms with Crippen molar-refractivity contribution in [3.8, 4) is 0 Å². The van der Waals surface area contributed by atoms with Crippen LogP contribution in [0.15, 0.2) is 52.5 Å². The summed E-state index contributed by atoms with van der Waals surface area (Å²) in [6.07, 6.45) is 1.38. The molecule has 0 aliphatic heterocycles. The number of carboxylic acids is 1. The Morgan fingerprint density at radius 1 is 1.10 bits per heavy atom.